The molecule has 1 unspecified atom stereocenters. The van der Waals surface area contributed by atoms with Crippen LogP contribution in [-0.4, -0.2) is 16.1 Å². The van der Waals surface area contributed by atoms with Crippen molar-refractivity contribution in [3.8, 4) is 11.5 Å². The lowest BCUT2D eigenvalue weighted by atomic mass is 10.2. The summed E-state index contributed by atoms with van der Waals surface area (Å²) in [6, 6.07) is 3.84. The minimum atomic E-state index is 0.265. The van der Waals surface area contributed by atoms with Gasteiger partial charge in [0.05, 0.1) is 5.56 Å². The van der Waals surface area contributed by atoms with Crippen LogP contribution in [0.15, 0.2) is 27.4 Å². The molecule has 2 rings (SSSR count). The smallest absolute Gasteiger partial charge is 0.169 e. The molecule has 0 bridgehead atoms. The zero-order chi connectivity index (χ0) is 12.4. The summed E-state index contributed by atoms with van der Waals surface area (Å²) in [4.78, 5) is 11.0. The summed E-state index contributed by atoms with van der Waals surface area (Å²) in [5.41, 5.74) is 1.14. The number of halogens is 1. The fourth-order valence-corrected chi connectivity index (χ4v) is 1.84. The maximum absolute atomic E-state index is 11.0. The van der Waals surface area contributed by atoms with Gasteiger partial charge in [-0.25, -0.2) is 0 Å². The molecule has 5 heteroatoms. The van der Waals surface area contributed by atoms with Crippen LogP contribution in [0, 0.1) is 0 Å². The van der Waals surface area contributed by atoms with Crippen molar-refractivity contribution in [1.29, 1.82) is 0 Å². The van der Waals surface area contributed by atoms with Crippen LogP contribution in [-0.2, 0) is 0 Å². The first kappa shape index (κ1) is 12.1. The lowest BCUT2D eigenvalue weighted by Gasteiger charge is -2.07. The highest BCUT2D eigenvalue weighted by molar-refractivity contribution is 9.10. The second kappa shape index (κ2) is 4.87. The molecule has 2 aromatic heterocycles. The molecule has 0 fully saturated rings. The summed E-state index contributed by atoms with van der Waals surface area (Å²) in [6.07, 6.45) is 3.52. The van der Waals surface area contributed by atoms with Gasteiger partial charge in [0.1, 0.15) is 5.69 Å². The first-order valence-corrected chi connectivity index (χ1v) is 6.25. The Labute approximate surface area is 108 Å². The van der Waals surface area contributed by atoms with E-state index in [2.05, 4.69) is 34.9 Å². The van der Waals surface area contributed by atoms with E-state index in [9.17, 15) is 4.79 Å². The highest BCUT2D eigenvalue weighted by atomic mass is 79.9. The molecule has 0 amide bonds. The summed E-state index contributed by atoms with van der Waals surface area (Å²) >= 11 is 3.24. The van der Waals surface area contributed by atoms with Crippen LogP contribution in [0.3, 0.4) is 0 Å². The Morgan fingerprint density at radius 3 is 2.88 bits per heavy atom. The molecule has 90 valence electrons. The molecule has 0 spiro atoms. The van der Waals surface area contributed by atoms with E-state index in [-0.39, 0.29) is 6.04 Å². The van der Waals surface area contributed by atoms with Gasteiger partial charge in [-0.2, -0.15) is 5.10 Å². The van der Waals surface area contributed by atoms with E-state index in [1.165, 1.54) is 0 Å². The summed E-state index contributed by atoms with van der Waals surface area (Å²) in [5.74, 6) is 0.598. The fourth-order valence-electron chi connectivity index (χ4n) is 1.54. The Morgan fingerprint density at radius 2 is 2.35 bits per heavy atom. The molecule has 0 aliphatic heterocycles. The quantitative estimate of drug-likeness (QED) is 0.809. The van der Waals surface area contributed by atoms with E-state index in [0.29, 0.717) is 21.7 Å². The minimum absolute atomic E-state index is 0.265. The third-order valence-corrected chi connectivity index (χ3v) is 3.16. The lowest BCUT2D eigenvalue weighted by Crippen LogP contribution is -2.03. The van der Waals surface area contributed by atoms with Crippen molar-refractivity contribution >= 4 is 22.2 Å². The zero-order valence-electron chi connectivity index (χ0n) is 9.68. The predicted octanol–water partition coefficient (Wildman–Crippen LogP) is 3.69. The average molecular weight is 297 g/mol. The third kappa shape index (κ3) is 2.34. The minimum Gasteiger partial charge on any atom is -0.448 e. The number of carbonyl (C=O) groups is 1. The van der Waals surface area contributed by atoms with E-state index in [4.69, 9.17) is 4.42 Å². The van der Waals surface area contributed by atoms with Crippen LogP contribution >= 0.6 is 15.9 Å². The average Bonchev–Trinajstić information content (AvgIpc) is 2.93. The van der Waals surface area contributed by atoms with Gasteiger partial charge < -0.3 is 4.42 Å². The number of hydrogen-bond acceptors (Lipinski definition) is 3. The van der Waals surface area contributed by atoms with Crippen LogP contribution in [0.25, 0.3) is 11.5 Å². The molecule has 0 aliphatic carbocycles. The lowest BCUT2D eigenvalue weighted by molar-refractivity contribution is 0.112. The number of nitrogens with zero attached hydrogens (tertiary/aromatic N) is 2. The number of furan rings is 1. The fraction of sp³-hybridized carbons (Fsp3) is 0.333. The summed E-state index contributed by atoms with van der Waals surface area (Å²) < 4.78 is 7.85. The van der Waals surface area contributed by atoms with Gasteiger partial charge in [-0.15, -0.1) is 0 Å². The molecule has 2 heterocycles. The first-order valence-electron chi connectivity index (χ1n) is 5.45. The maximum Gasteiger partial charge on any atom is 0.169 e. The van der Waals surface area contributed by atoms with Crippen LogP contribution in [0.2, 0.25) is 0 Å². The van der Waals surface area contributed by atoms with E-state index in [1.807, 2.05) is 0 Å². The van der Waals surface area contributed by atoms with Crippen LogP contribution < -0.4 is 0 Å². The van der Waals surface area contributed by atoms with Crippen LogP contribution in [0.4, 0.5) is 0 Å². The van der Waals surface area contributed by atoms with E-state index < -0.39 is 0 Å². The zero-order valence-corrected chi connectivity index (χ0v) is 11.3. The summed E-state index contributed by atoms with van der Waals surface area (Å²) in [6.45, 7) is 4.14. The monoisotopic (exact) mass is 296 g/mol. The van der Waals surface area contributed by atoms with Gasteiger partial charge >= 0.3 is 0 Å². The van der Waals surface area contributed by atoms with Crippen molar-refractivity contribution < 1.29 is 9.21 Å². The van der Waals surface area contributed by atoms with Gasteiger partial charge in [0.2, 0.25) is 0 Å². The Hall–Kier alpha value is -1.36. The third-order valence-electron chi connectivity index (χ3n) is 2.74. The number of hydrogen-bond donors (Lipinski definition) is 0. The maximum atomic E-state index is 11.0. The normalized spacial score (nSPS) is 12.6. The Kier molecular flexibility index (Phi) is 3.47. The van der Waals surface area contributed by atoms with E-state index in [0.717, 1.165) is 12.7 Å². The molecule has 0 aliphatic rings. The molecule has 0 saturated heterocycles. The van der Waals surface area contributed by atoms with Gasteiger partial charge in [-0.1, -0.05) is 6.92 Å². The van der Waals surface area contributed by atoms with Gasteiger partial charge in [0.25, 0.3) is 0 Å². The van der Waals surface area contributed by atoms with Crippen molar-refractivity contribution in [2.45, 2.75) is 26.3 Å². The van der Waals surface area contributed by atoms with Crippen molar-refractivity contribution in [3.05, 3.63) is 28.6 Å². The van der Waals surface area contributed by atoms with Crippen molar-refractivity contribution in [1.82, 2.24) is 9.78 Å². The number of rotatable bonds is 4. The molecule has 0 N–H and O–H groups in total. The molecule has 2 aromatic rings. The topological polar surface area (TPSA) is 48.0 Å². The Bertz CT molecular complexity index is 530. The Morgan fingerprint density at radius 1 is 1.59 bits per heavy atom. The van der Waals surface area contributed by atoms with Gasteiger partial charge in [0.15, 0.2) is 16.7 Å². The summed E-state index contributed by atoms with van der Waals surface area (Å²) in [7, 11) is 0. The number of carbonyl (C=O) groups excluding carboxylic acids is 1. The molecule has 1 atom stereocenters. The second-order valence-electron chi connectivity index (χ2n) is 3.89. The highest BCUT2D eigenvalue weighted by Gasteiger charge is 2.15. The molecule has 4 nitrogen and oxygen atoms in total. The van der Waals surface area contributed by atoms with E-state index in [1.54, 1.807) is 23.0 Å². The molecule has 17 heavy (non-hydrogen) atoms. The second-order valence-corrected chi connectivity index (χ2v) is 4.67. The van der Waals surface area contributed by atoms with Crippen molar-refractivity contribution in [2.24, 2.45) is 0 Å². The van der Waals surface area contributed by atoms with Crippen molar-refractivity contribution in [2.75, 3.05) is 0 Å². The Balaban J connectivity index is 2.46. The van der Waals surface area contributed by atoms with E-state index >= 15 is 0 Å². The molecular formula is C12H13BrN2O2. The molecular weight excluding hydrogens is 284 g/mol. The molecule has 0 saturated carbocycles. The number of aldehydes is 1. The number of aromatic nitrogens is 2. The molecule has 0 radical (unpaired) electrons. The largest absolute Gasteiger partial charge is 0.448 e. The summed E-state index contributed by atoms with van der Waals surface area (Å²) in [5, 5.41) is 4.41. The van der Waals surface area contributed by atoms with Gasteiger partial charge in [0, 0.05) is 12.2 Å². The van der Waals surface area contributed by atoms with Gasteiger partial charge in [-0.05, 0) is 41.4 Å². The molecule has 0 aromatic carbocycles. The standard InChI is InChI=1S/C12H13BrN2O2/c1-3-8(2)15-6-9(7-16)12(14-15)10-4-5-11(13)17-10/h4-8H,3H2,1-2H3. The van der Waals surface area contributed by atoms with Gasteiger partial charge in [-0.3, -0.25) is 9.48 Å². The SMILES string of the molecule is CCC(C)n1cc(C=O)c(-c2ccc(Br)o2)n1. The van der Waals surface area contributed by atoms with Crippen LogP contribution in [0.5, 0.6) is 0 Å². The predicted molar refractivity (Wildman–Crippen MR) is 68.0 cm³/mol. The van der Waals surface area contributed by atoms with Crippen LogP contribution in [0.1, 0.15) is 36.7 Å². The highest BCUT2D eigenvalue weighted by Crippen LogP contribution is 2.27. The first-order chi connectivity index (χ1) is 8.15. The van der Waals surface area contributed by atoms with Crippen molar-refractivity contribution in [3.63, 3.8) is 0 Å².